The van der Waals surface area contributed by atoms with Gasteiger partial charge in [-0.3, -0.25) is 9.59 Å². The second kappa shape index (κ2) is 8.67. The van der Waals surface area contributed by atoms with Crippen LogP contribution in [-0.4, -0.2) is 24.4 Å². The van der Waals surface area contributed by atoms with E-state index in [4.69, 9.17) is 5.73 Å². The predicted molar refractivity (Wildman–Crippen MR) is 92.2 cm³/mol. The van der Waals surface area contributed by atoms with Crippen LogP contribution in [0.2, 0.25) is 0 Å². The molecule has 126 valence electrons. The smallest absolute Gasteiger partial charge is 0.228 e. The summed E-state index contributed by atoms with van der Waals surface area (Å²) in [5, 5.41) is 5.85. The number of fused-ring (bicyclic) bond motifs is 1. The summed E-state index contributed by atoms with van der Waals surface area (Å²) in [6, 6.07) is 6.13. The third kappa shape index (κ3) is 5.36. The molecule has 23 heavy (non-hydrogen) atoms. The van der Waals surface area contributed by atoms with Crippen molar-refractivity contribution in [1.82, 2.24) is 5.32 Å². The summed E-state index contributed by atoms with van der Waals surface area (Å²) in [6.07, 6.45) is 5.76. The number of carbonyl (C=O) groups excluding carboxylic acids is 2. The Kier molecular flexibility index (Phi) is 6.59. The molecular formula is C18H27N3O2. The molecule has 2 amide bonds. The molecule has 1 aliphatic heterocycles. The van der Waals surface area contributed by atoms with Crippen molar-refractivity contribution >= 4 is 17.5 Å². The van der Waals surface area contributed by atoms with Crippen LogP contribution in [0, 0.1) is 0 Å². The van der Waals surface area contributed by atoms with Crippen molar-refractivity contribution in [3.8, 4) is 0 Å². The molecule has 0 radical (unpaired) electrons. The van der Waals surface area contributed by atoms with E-state index in [9.17, 15) is 9.59 Å². The second-order valence-corrected chi connectivity index (χ2v) is 6.21. The monoisotopic (exact) mass is 317 g/mol. The Morgan fingerprint density at radius 2 is 2.22 bits per heavy atom. The maximum atomic E-state index is 12.0. The van der Waals surface area contributed by atoms with Gasteiger partial charge in [0.15, 0.2) is 0 Å². The van der Waals surface area contributed by atoms with Gasteiger partial charge in [0.25, 0.3) is 0 Å². The lowest BCUT2D eigenvalue weighted by molar-refractivity contribution is -0.122. The van der Waals surface area contributed by atoms with Crippen LogP contribution in [0.5, 0.6) is 0 Å². The highest BCUT2D eigenvalue weighted by Gasteiger charge is 2.17. The Hall–Kier alpha value is -1.88. The van der Waals surface area contributed by atoms with Gasteiger partial charge in [0.2, 0.25) is 11.8 Å². The van der Waals surface area contributed by atoms with E-state index in [-0.39, 0.29) is 17.9 Å². The summed E-state index contributed by atoms with van der Waals surface area (Å²) < 4.78 is 0. The molecule has 1 heterocycles. The highest BCUT2D eigenvalue weighted by molar-refractivity contribution is 5.99. The first-order chi connectivity index (χ1) is 11.1. The van der Waals surface area contributed by atoms with E-state index in [1.54, 1.807) is 0 Å². The van der Waals surface area contributed by atoms with Gasteiger partial charge in [-0.25, -0.2) is 0 Å². The maximum absolute atomic E-state index is 12.0. The normalized spacial score (nSPS) is 14.3. The Balaban J connectivity index is 1.73. The van der Waals surface area contributed by atoms with E-state index in [1.807, 2.05) is 12.1 Å². The number of benzene rings is 1. The van der Waals surface area contributed by atoms with Gasteiger partial charge in [0, 0.05) is 24.7 Å². The molecule has 1 unspecified atom stereocenters. The van der Waals surface area contributed by atoms with Crippen molar-refractivity contribution < 1.29 is 9.59 Å². The Morgan fingerprint density at radius 3 is 2.96 bits per heavy atom. The standard InChI is InChI=1S/C18H27N3O2/c1-2-3-6-15(12-19)20-17(22)7-4-5-13-8-9-16-14(10-13)11-18(23)21-16/h8-10,15H,2-7,11-12,19H2,1H3,(H,20,22)(H,21,23). The average Bonchev–Trinajstić information content (AvgIpc) is 2.90. The molecule has 0 spiro atoms. The van der Waals surface area contributed by atoms with E-state index in [0.29, 0.717) is 19.4 Å². The van der Waals surface area contributed by atoms with Crippen LogP contribution in [0.15, 0.2) is 18.2 Å². The fourth-order valence-electron chi connectivity index (χ4n) is 2.89. The van der Waals surface area contributed by atoms with Gasteiger partial charge in [-0.2, -0.15) is 0 Å². The number of nitrogens with two attached hydrogens (primary N) is 1. The first kappa shape index (κ1) is 17.5. The number of aryl methyl sites for hydroxylation is 1. The number of unbranched alkanes of at least 4 members (excludes halogenated alkanes) is 1. The SMILES string of the molecule is CCCCC(CN)NC(=O)CCCc1ccc2c(c1)CC(=O)N2. The van der Waals surface area contributed by atoms with Gasteiger partial charge in [-0.1, -0.05) is 31.9 Å². The van der Waals surface area contributed by atoms with Gasteiger partial charge in [0.1, 0.15) is 0 Å². The highest BCUT2D eigenvalue weighted by atomic mass is 16.2. The van der Waals surface area contributed by atoms with Gasteiger partial charge in [-0.15, -0.1) is 0 Å². The van der Waals surface area contributed by atoms with Crippen molar-refractivity contribution in [3.63, 3.8) is 0 Å². The number of carbonyl (C=O) groups is 2. The molecule has 1 aliphatic rings. The van der Waals surface area contributed by atoms with Crippen LogP contribution < -0.4 is 16.4 Å². The van der Waals surface area contributed by atoms with Crippen molar-refractivity contribution in [3.05, 3.63) is 29.3 Å². The largest absolute Gasteiger partial charge is 0.352 e. The fourth-order valence-corrected chi connectivity index (χ4v) is 2.89. The summed E-state index contributed by atoms with van der Waals surface area (Å²) in [6.45, 7) is 2.63. The van der Waals surface area contributed by atoms with Crippen LogP contribution in [0.3, 0.4) is 0 Å². The molecule has 0 bridgehead atoms. The number of hydrogen-bond acceptors (Lipinski definition) is 3. The molecule has 0 saturated heterocycles. The first-order valence-electron chi connectivity index (χ1n) is 8.53. The van der Waals surface area contributed by atoms with Gasteiger partial charge in [-0.05, 0) is 36.5 Å². The van der Waals surface area contributed by atoms with Crippen LogP contribution >= 0.6 is 0 Å². The lowest BCUT2D eigenvalue weighted by Gasteiger charge is -2.16. The molecule has 4 N–H and O–H groups in total. The maximum Gasteiger partial charge on any atom is 0.228 e. The molecule has 5 heteroatoms. The number of amides is 2. The summed E-state index contributed by atoms with van der Waals surface area (Å²) in [5.74, 6) is 0.131. The zero-order chi connectivity index (χ0) is 16.7. The van der Waals surface area contributed by atoms with E-state index in [1.165, 1.54) is 5.56 Å². The molecule has 5 nitrogen and oxygen atoms in total. The van der Waals surface area contributed by atoms with Gasteiger partial charge >= 0.3 is 0 Å². The highest BCUT2D eigenvalue weighted by Crippen LogP contribution is 2.24. The average molecular weight is 317 g/mol. The van der Waals surface area contributed by atoms with E-state index in [0.717, 1.165) is 43.4 Å². The van der Waals surface area contributed by atoms with Crippen LogP contribution in [0.25, 0.3) is 0 Å². The zero-order valence-electron chi connectivity index (χ0n) is 13.9. The topological polar surface area (TPSA) is 84.2 Å². The third-order valence-corrected chi connectivity index (χ3v) is 4.22. The van der Waals surface area contributed by atoms with Crippen LogP contribution in [-0.2, 0) is 22.4 Å². The number of hydrogen-bond donors (Lipinski definition) is 3. The minimum absolute atomic E-state index is 0.0523. The van der Waals surface area contributed by atoms with Crippen LogP contribution in [0.4, 0.5) is 5.69 Å². The second-order valence-electron chi connectivity index (χ2n) is 6.21. The quantitative estimate of drug-likeness (QED) is 0.652. The Bertz CT molecular complexity index is 557. The summed E-state index contributed by atoms with van der Waals surface area (Å²) in [5.41, 5.74) is 8.84. The number of rotatable bonds is 9. The first-order valence-corrected chi connectivity index (χ1v) is 8.53. The summed E-state index contributed by atoms with van der Waals surface area (Å²) in [7, 11) is 0. The molecule has 0 aromatic heterocycles. The number of anilines is 1. The van der Waals surface area contributed by atoms with Gasteiger partial charge < -0.3 is 16.4 Å². The molecular weight excluding hydrogens is 290 g/mol. The Labute approximate surface area is 138 Å². The minimum atomic E-state index is 0.0523. The Morgan fingerprint density at radius 1 is 1.39 bits per heavy atom. The fraction of sp³-hybridized carbons (Fsp3) is 0.556. The number of nitrogens with one attached hydrogen (secondary N) is 2. The molecule has 1 atom stereocenters. The van der Waals surface area contributed by atoms with Crippen LogP contribution in [0.1, 0.15) is 50.2 Å². The van der Waals surface area contributed by atoms with E-state index in [2.05, 4.69) is 23.6 Å². The predicted octanol–water partition coefficient (Wildman–Crippen LogP) is 2.14. The van der Waals surface area contributed by atoms with E-state index >= 15 is 0 Å². The molecule has 0 fully saturated rings. The summed E-state index contributed by atoms with van der Waals surface area (Å²) >= 11 is 0. The van der Waals surface area contributed by atoms with Crippen molar-refractivity contribution in [2.24, 2.45) is 5.73 Å². The summed E-state index contributed by atoms with van der Waals surface area (Å²) in [4.78, 5) is 23.3. The van der Waals surface area contributed by atoms with Crippen molar-refractivity contribution in [1.29, 1.82) is 0 Å². The van der Waals surface area contributed by atoms with Crippen molar-refractivity contribution in [2.45, 2.75) is 57.9 Å². The van der Waals surface area contributed by atoms with Gasteiger partial charge in [0.05, 0.1) is 6.42 Å². The van der Waals surface area contributed by atoms with E-state index < -0.39 is 0 Å². The molecule has 2 rings (SSSR count). The van der Waals surface area contributed by atoms with Crippen molar-refractivity contribution in [2.75, 3.05) is 11.9 Å². The lowest BCUT2D eigenvalue weighted by Crippen LogP contribution is -2.40. The minimum Gasteiger partial charge on any atom is -0.352 e. The lowest BCUT2D eigenvalue weighted by atomic mass is 10.0. The molecule has 1 aromatic carbocycles. The molecule has 0 aliphatic carbocycles. The molecule has 0 saturated carbocycles. The third-order valence-electron chi connectivity index (χ3n) is 4.22. The molecule has 1 aromatic rings. The zero-order valence-corrected chi connectivity index (χ0v) is 13.9.